The summed E-state index contributed by atoms with van der Waals surface area (Å²) in [6.45, 7) is 5.45. The van der Waals surface area contributed by atoms with Crippen molar-refractivity contribution >= 4 is 6.08 Å². The zero-order valence-electron chi connectivity index (χ0n) is 10.9. The van der Waals surface area contributed by atoms with Crippen LogP contribution < -0.4 is 0 Å². The van der Waals surface area contributed by atoms with E-state index in [-0.39, 0.29) is 17.3 Å². The van der Waals surface area contributed by atoms with Gasteiger partial charge in [-0.1, -0.05) is 31.7 Å². The summed E-state index contributed by atoms with van der Waals surface area (Å²) in [7, 11) is 0. The van der Waals surface area contributed by atoms with Crippen LogP contribution in [0.5, 0.6) is 11.5 Å². The van der Waals surface area contributed by atoms with Gasteiger partial charge in [-0.3, -0.25) is 0 Å². The maximum Gasteiger partial charge on any atom is 0.126 e. The average Bonchev–Trinajstić information content (AvgIpc) is 2.40. The van der Waals surface area contributed by atoms with Crippen LogP contribution in [0.25, 0.3) is 6.08 Å². The first kappa shape index (κ1) is 14.6. The number of hydrogen-bond donors (Lipinski definition) is 3. The standard InChI is InChI=1S/C16H18O3/c1-3-12(6-9-14(17)4-2)5-7-13-8-10-15(18)11-16(13)19/h4-11,17-19H,2-3H2,1H3/b7-5-,12-6+,14-9+. The highest BCUT2D eigenvalue weighted by molar-refractivity contribution is 5.60. The number of hydrogen-bond acceptors (Lipinski definition) is 3. The molecule has 0 spiro atoms. The van der Waals surface area contributed by atoms with Gasteiger partial charge < -0.3 is 15.3 Å². The van der Waals surface area contributed by atoms with Crippen LogP contribution in [0.15, 0.2) is 60.4 Å². The van der Waals surface area contributed by atoms with Gasteiger partial charge in [0.25, 0.3) is 0 Å². The van der Waals surface area contributed by atoms with Gasteiger partial charge in [-0.15, -0.1) is 0 Å². The highest BCUT2D eigenvalue weighted by Crippen LogP contribution is 2.24. The third-order valence-electron chi connectivity index (χ3n) is 2.58. The SMILES string of the molecule is C=C\C(O)=C/C=C(/C=C\c1ccc(O)cc1O)CC. The molecule has 0 unspecified atom stereocenters. The Hall–Kier alpha value is -2.42. The van der Waals surface area contributed by atoms with E-state index >= 15 is 0 Å². The molecule has 100 valence electrons. The van der Waals surface area contributed by atoms with Crippen molar-refractivity contribution in [1.82, 2.24) is 0 Å². The molecule has 19 heavy (non-hydrogen) atoms. The van der Waals surface area contributed by atoms with Crippen LogP contribution in [-0.4, -0.2) is 15.3 Å². The van der Waals surface area contributed by atoms with E-state index in [0.717, 1.165) is 12.0 Å². The number of allylic oxidation sites excluding steroid dienone is 5. The number of rotatable bonds is 5. The van der Waals surface area contributed by atoms with Crippen molar-refractivity contribution < 1.29 is 15.3 Å². The van der Waals surface area contributed by atoms with Gasteiger partial charge in [0, 0.05) is 11.6 Å². The molecule has 0 aromatic heterocycles. The molecule has 3 nitrogen and oxygen atoms in total. The highest BCUT2D eigenvalue weighted by Gasteiger charge is 1.98. The summed E-state index contributed by atoms with van der Waals surface area (Å²) >= 11 is 0. The lowest BCUT2D eigenvalue weighted by Gasteiger charge is -2.00. The van der Waals surface area contributed by atoms with Crippen molar-refractivity contribution in [3.8, 4) is 11.5 Å². The molecule has 0 fully saturated rings. The van der Waals surface area contributed by atoms with E-state index in [1.807, 2.05) is 13.0 Å². The lowest BCUT2D eigenvalue weighted by Crippen LogP contribution is -1.78. The number of aliphatic hydroxyl groups is 1. The minimum atomic E-state index is 0.0242. The van der Waals surface area contributed by atoms with E-state index in [1.165, 1.54) is 18.2 Å². The summed E-state index contributed by atoms with van der Waals surface area (Å²) in [5.41, 5.74) is 1.61. The first-order valence-electron chi connectivity index (χ1n) is 5.99. The molecule has 0 bridgehead atoms. The molecule has 0 radical (unpaired) electrons. The fourth-order valence-corrected chi connectivity index (χ4v) is 1.42. The van der Waals surface area contributed by atoms with E-state index in [2.05, 4.69) is 6.58 Å². The smallest absolute Gasteiger partial charge is 0.126 e. The molecule has 0 amide bonds. The molecule has 3 N–H and O–H groups in total. The molecule has 1 aromatic rings. The molecule has 1 rings (SSSR count). The van der Waals surface area contributed by atoms with Gasteiger partial charge in [0.2, 0.25) is 0 Å². The first-order valence-corrected chi connectivity index (χ1v) is 5.99. The van der Waals surface area contributed by atoms with Crippen molar-refractivity contribution in [1.29, 1.82) is 0 Å². The number of aliphatic hydroxyl groups excluding tert-OH is 1. The monoisotopic (exact) mass is 258 g/mol. The van der Waals surface area contributed by atoms with Crippen molar-refractivity contribution in [2.24, 2.45) is 0 Å². The summed E-state index contributed by atoms with van der Waals surface area (Å²) in [5, 5.41) is 28.1. The van der Waals surface area contributed by atoms with E-state index in [4.69, 9.17) is 0 Å². The summed E-state index contributed by atoms with van der Waals surface area (Å²) in [6, 6.07) is 4.43. The molecule has 0 saturated heterocycles. The predicted molar refractivity (Wildman–Crippen MR) is 78.1 cm³/mol. The second kappa shape index (κ2) is 7.11. The van der Waals surface area contributed by atoms with E-state index < -0.39 is 0 Å². The first-order chi connectivity index (χ1) is 9.06. The van der Waals surface area contributed by atoms with Crippen LogP contribution in [-0.2, 0) is 0 Å². The van der Waals surface area contributed by atoms with Gasteiger partial charge in [0.1, 0.15) is 17.3 Å². The quantitative estimate of drug-likeness (QED) is 0.551. The molecule has 0 aliphatic heterocycles. The molecular weight excluding hydrogens is 240 g/mol. The summed E-state index contributed by atoms with van der Waals surface area (Å²) in [6.07, 6.45) is 9.09. The Bertz CT molecular complexity index is 537. The van der Waals surface area contributed by atoms with Crippen LogP contribution in [0.3, 0.4) is 0 Å². The predicted octanol–water partition coefficient (Wildman–Crippen LogP) is 4.08. The van der Waals surface area contributed by atoms with Crippen LogP contribution >= 0.6 is 0 Å². The van der Waals surface area contributed by atoms with Crippen molar-refractivity contribution in [2.75, 3.05) is 0 Å². The number of phenols is 2. The van der Waals surface area contributed by atoms with Crippen molar-refractivity contribution in [3.05, 3.63) is 66.0 Å². The number of benzene rings is 1. The van der Waals surface area contributed by atoms with Crippen LogP contribution in [0.2, 0.25) is 0 Å². The summed E-state index contributed by atoms with van der Waals surface area (Å²) in [5.74, 6) is 0.155. The lowest BCUT2D eigenvalue weighted by atomic mass is 10.1. The average molecular weight is 258 g/mol. The van der Waals surface area contributed by atoms with Crippen molar-refractivity contribution in [3.63, 3.8) is 0 Å². The third-order valence-corrected chi connectivity index (χ3v) is 2.58. The molecule has 3 heteroatoms. The molecule has 0 aliphatic rings. The minimum Gasteiger partial charge on any atom is -0.508 e. The Balaban J connectivity index is 2.91. The van der Waals surface area contributed by atoms with E-state index in [1.54, 1.807) is 24.3 Å². The fraction of sp³-hybridized carbons (Fsp3) is 0.125. The largest absolute Gasteiger partial charge is 0.508 e. The fourth-order valence-electron chi connectivity index (χ4n) is 1.42. The van der Waals surface area contributed by atoms with Gasteiger partial charge in [-0.25, -0.2) is 0 Å². The topological polar surface area (TPSA) is 60.7 Å². The Morgan fingerprint density at radius 3 is 2.58 bits per heavy atom. The van der Waals surface area contributed by atoms with Gasteiger partial charge in [0.15, 0.2) is 0 Å². The van der Waals surface area contributed by atoms with Gasteiger partial charge in [-0.05, 0) is 36.3 Å². The van der Waals surface area contributed by atoms with E-state index in [9.17, 15) is 15.3 Å². The van der Waals surface area contributed by atoms with Crippen LogP contribution in [0.4, 0.5) is 0 Å². The highest BCUT2D eigenvalue weighted by atomic mass is 16.3. The molecular formula is C16H18O3. The van der Waals surface area contributed by atoms with Crippen LogP contribution in [0, 0.1) is 0 Å². The Morgan fingerprint density at radius 2 is 2.00 bits per heavy atom. The number of aromatic hydroxyl groups is 2. The van der Waals surface area contributed by atoms with Gasteiger partial charge in [-0.2, -0.15) is 0 Å². The molecule has 0 heterocycles. The zero-order chi connectivity index (χ0) is 14.3. The Labute approximate surface area is 113 Å². The molecule has 1 aromatic carbocycles. The Kier molecular flexibility index (Phi) is 5.48. The van der Waals surface area contributed by atoms with Gasteiger partial charge >= 0.3 is 0 Å². The number of phenolic OH excluding ortho intramolecular Hbond substituents is 2. The second-order valence-electron chi connectivity index (χ2n) is 3.97. The zero-order valence-corrected chi connectivity index (χ0v) is 10.9. The molecule has 0 aliphatic carbocycles. The minimum absolute atomic E-state index is 0.0242. The molecule has 0 atom stereocenters. The third kappa shape index (κ3) is 4.76. The Morgan fingerprint density at radius 1 is 1.26 bits per heavy atom. The van der Waals surface area contributed by atoms with E-state index in [0.29, 0.717) is 5.56 Å². The normalized spacial score (nSPS) is 12.9. The van der Waals surface area contributed by atoms with Crippen molar-refractivity contribution in [2.45, 2.75) is 13.3 Å². The summed E-state index contributed by atoms with van der Waals surface area (Å²) < 4.78 is 0. The van der Waals surface area contributed by atoms with Crippen LogP contribution in [0.1, 0.15) is 18.9 Å². The maximum absolute atomic E-state index is 9.64. The summed E-state index contributed by atoms with van der Waals surface area (Å²) in [4.78, 5) is 0. The second-order valence-corrected chi connectivity index (χ2v) is 3.97. The van der Waals surface area contributed by atoms with Gasteiger partial charge in [0.05, 0.1) is 0 Å². The molecule has 0 saturated carbocycles. The lowest BCUT2D eigenvalue weighted by molar-refractivity contribution is 0.433. The maximum atomic E-state index is 9.64.